The summed E-state index contributed by atoms with van der Waals surface area (Å²) >= 11 is 4.93. The van der Waals surface area contributed by atoms with Crippen molar-refractivity contribution < 1.29 is 18.0 Å². The van der Waals surface area contributed by atoms with Crippen molar-refractivity contribution in [2.45, 2.75) is 12.8 Å². The molecule has 29 heavy (non-hydrogen) atoms. The Morgan fingerprint density at radius 3 is 2.52 bits per heavy atom. The van der Waals surface area contributed by atoms with Gasteiger partial charge in [0.2, 0.25) is 0 Å². The molecule has 4 nitrogen and oxygen atoms in total. The number of aromatic nitrogens is 2. The van der Waals surface area contributed by atoms with E-state index in [1.54, 1.807) is 6.21 Å². The number of benzene rings is 2. The first kappa shape index (κ1) is 19.7. The molecule has 2 aromatic carbocycles. The lowest BCUT2D eigenvalue weighted by atomic mass is 10.1. The highest BCUT2D eigenvalue weighted by molar-refractivity contribution is 9.10. The zero-order chi connectivity index (χ0) is 20.4. The minimum absolute atomic E-state index is 0.0633. The monoisotopic (exact) mass is 479 g/mol. The molecule has 0 aliphatic carbocycles. The van der Waals surface area contributed by atoms with E-state index in [0.29, 0.717) is 5.56 Å². The van der Waals surface area contributed by atoms with Crippen LogP contribution in [-0.2, 0) is 17.6 Å². The second-order valence-corrected chi connectivity index (χ2v) is 7.90. The first-order valence-electron chi connectivity index (χ1n) is 8.45. The number of nitrogens with zero attached hydrogens (tertiary/aromatic N) is 3. The van der Waals surface area contributed by atoms with Crippen molar-refractivity contribution in [2.24, 2.45) is 5.16 Å². The van der Waals surface area contributed by atoms with Gasteiger partial charge in [-0.1, -0.05) is 45.4 Å². The molecule has 0 atom stereocenters. The number of halogens is 4. The molecule has 0 unspecified atom stereocenters. The Labute approximate surface area is 176 Å². The molecular formula is C20H13BrF3N3OS. The average Bonchev–Trinajstić information content (AvgIpc) is 3.27. The summed E-state index contributed by atoms with van der Waals surface area (Å²) < 4.78 is 40.7. The minimum Gasteiger partial charge on any atom is -0.391 e. The molecule has 0 saturated heterocycles. The van der Waals surface area contributed by atoms with E-state index in [0.717, 1.165) is 38.5 Å². The van der Waals surface area contributed by atoms with Crippen molar-refractivity contribution in [3.8, 4) is 11.3 Å². The number of thiazole rings is 1. The molecule has 0 aliphatic rings. The van der Waals surface area contributed by atoms with Crippen molar-refractivity contribution in [3.63, 3.8) is 0 Å². The summed E-state index contributed by atoms with van der Waals surface area (Å²) in [5.41, 5.74) is 2.37. The number of alkyl halides is 3. The Bertz CT molecular complexity index is 1150. The van der Waals surface area contributed by atoms with Gasteiger partial charge in [-0.2, -0.15) is 13.2 Å². The van der Waals surface area contributed by atoms with Gasteiger partial charge in [0.1, 0.15) is 6.61 Å². The molecule has 2 heterocycles. The van der Waals surface area contributed by atoms with E-state index in [2.05, 4.69) is 26.1 Å². The SMILES string of the molecule is FC(F)(F)c1ccc(CO/N=C/c2c(-c3ccc(Br)cc3)nc3sccn23)cc1. The molecular weight excluding hydrogens is 467 g/mol. The van der Waals surface area contributed by atoms with E-state index in [4.69, 9.17) is 4.84 Å². The second-order valence-electron chi connectivity index (χ2n) is 6.11. The van der Waals surface area contributed by atoms with E-state index in [1.807, 2.05) is 40.2 Å². The fourth-order valence-electron chi connectivity index (χ4n) is 2.74. The van der Waals surface area contributed by atoms with Crippen LogP contribution in [0.5, 0.6) is 0 Å². The van der Waals surface area contributed by atoms with Crippen LogP contribution in [0, 0.1) is 0 Å². The molecule has 0 N–H and O–H groups in total. The first-order chi connectivity index (χ1) is 13.9. The summed E-state index contributed by atoms with van der Waals surface area (Å²) in [7, 11) is 0. The lowest BCUT2D eigenvalue weighted by Gasteiger charge is -2.07. The average molecular weight is 480 g/mol. The zero-order valence-corrected chi connectivity index (χ0v) is 17.1. The van der Waals surface area contributed by atoms with Crippen LogP contribution in [-0.4, -0.2) is 15.6 Å². The maximum atomic E-state index is 12.6. The van der Waals surface area contributed by atoms with Crippen molar-refractivity contribution >= 4 is 38.4 Å². The molecule has 0 aliphatic heterocycles. The summed E-state index contributed by atoms with van der Waals surface area (Å²) in [5, 5.41) is 5.93. The summed E-state index contributed by atoms with van der Waals surface area (Å²) in [6.45, 7) is 0.0633. The minimum atomic E-state index is -4.35. The Morgan fingerprint density at radius 1 is 1.10 bits per heavy atom. The maximum absolute atomic E-state index is 12.6. The quantitative estimate of drug-likeness (QED) is 0.245. The molecule has 0 saturated carbocycles. The van der Waals surface area contributed by atoms with Crippen LogP contribution in [0.2, 0.25) is 0 Å². The number of hydrogen-bond donors (Lipinski definition) is 0. The van der Waals surface area contributed by atoms with Gasteiger partial charge in [-0.25, -0.2) is 4.98 Å². The second kappa shape index (κ2) is 8.00. The van der Waals surface area contributed by atoms with E-state index < -0.39 is 11.7 Å². The van der Waals surface area contributed by atoms with Crippen molar-refractivity contribution in [1.29, 1.82) is 0 Å². The lowest BCUT2D eigenvalue weighted by Crippen LogP contribution is -2.04. The number of imidazole rings is 1. The van der Waals surface area contributed by atoms with E-state index in [-0.39, 0.29) is 6.61 Å². The Kier molecular flexibility index (Phi) is 5.42. The van der Waals surface area contributed by atoms with Gasteiger partial charge < -0.3 is 4.84 Å². The third kappa shape index (κ3) is 4.35. The number of hydrogen-bond acceptors (Lipinski definition) is 4. The topological polar surface area (TPSA) is 38.9 Å². The number of rotatable bonds is 5. The number of fused-ring (bicyclic) bond motifs is 1. The van der Waals surface area contributed by atoms with Gasteiger partial charge >= 0.3 is 6.18 Å². The predicted octanol–water partition coefficient (Wildman–Crippen LogP) is 6.39. The highest BCUT2D eigenvalue weighted by atomic mass is 79.9. The summed E-state index contributed by atoms with van der Waals surface area (Å²) in [6.07, 6.45) is -0.893. The fraction of sp³-hybridized carbons (Fsp3) is 0.100. The van der Waals surface area contributed by atoms with Crippen LogP contribution in [0.15, 0.2) is 69.7 Å². The third-order valence-electron chi connectivity index (χ3n) is 4.18. The predicted molar refractivity (Wildman–Crippen MR) is 110 cm³/mol. The number of oxime groups is 1. The van der Waals surface area contributed by atoms with Gasteiger partial charge in [0.05, 0.1) is 23.2 Å². The molecule has 2 aromatic heterocycles. The normalized spacial score (nSPS) is 12.1. The van der Waals surface area contributed by atoms with Crippen molar-refractivity contribution in [3.05, 3.63) is 81.4 Å². The van der Waals surface area contributed by atoms with Gasteiger partial charge in [-0.3, -0.25) is 4.40 Å². The molecule has 148 valence electrons. The van der Waals surface area contributed by atoms with Crippen LogP contribution in [0.1, 0.15) is 16.8 Å². The van der Waals surface area contributed by atoms with Gasteiger partial charge in [0.25, 0.3) is 0 Å². The first-order valence-corrected chi connectivity index (χ1v) is 10.1. The van der Waals surface area contributed by atoms with Crippen LogP contribution in [0.4, 0.5) is 13.2 Å². The standard InChI is InChI=1S/C20H13BrF3N3OS/c21-16-7-3-14(4-8-16)18-17(27-9-10-29-19(27)26-18)11-25-28-12-13-1-5-15(6-2-13)20(22,23)24/h1-11H,12H2/b25-11+. The third-order valence-corrected chi connectivity index (χ3v) is 5.46. The molecule has 0 fully saturated rings. The summed E-state index contributed by atoms with van der Waals surface area (Å²) in [4.78, 5) is 10.8. The van der Waals surface area contributed by atoms with E-state index in [1.165, 1.54) is 23.5 Å². The van der Waals surface area contributed by atoms with Crippen LogP contribution in [0.25, 0.3) is 16.2 Å². The zero-order valence-electron chi connectivity index (χ0n) is 14.7. The highest BCUT2D eigenvalue weighted by Gasteiger charge is 2.29. The molecule has 0 bridgehead atoms. The Hall–Kier alpha value is -2.65. The summed E-state index contributed by atoms with van der Waals surface area (Å²) in [6, 6.07) is 12.6. The molecule has 0 amide bonds. The summed E-state index contributed by atoms with van der Waals surface area (Å²) in [5.74, 6) is 0. The fourth-order valence-corrected chi connectivity index (χ4v) is 3.72. The molecule has 4 rings (SSSR count). The van der Waals surface area contributed by atoms with E-state index >= 15 is 0 Å². The van der Waals surface area contributed by atoms with Gasteiger partial charge in [-0.15, -0.1) is 11.3 Å². The Balaban J connectivity index is 1.51. The van der Waals surface area contributed by atoms with Crippen molar-refractivity contribution in [1.82, 2.24) is 9.38 Å². The lowest BCUT2D eigenvalue weighted by molar-refractivity contribution is -0.137. The van der Waals surface area contributed by atoms with Gasteiger partial charge in [-0.05, 0) is 29.8 Å². The molecule has 0 radical (unpaired) electrons. The highest BCUT2D eigenvalue weighted by Crippen LogP contribution is 2.29. The maximum Gasteiger partial charge on any atom is 0.416 e. The smallest absolute Gasteiger partial charge is 0.391 e. The molecule has 0 spiro atoms. The van der Waals surface area contributed by atoms with E-state index in [9.17, 15) is 13.2 Å². The van der Waals surface area contributed by atoms with Crippen LogP contribution in [0.3, 0.4) is 0 Å². The van der Waals surface area contributed by atoms with Crippen LogP contribution >= 0.6 is 27.3 Å². The van der Waals surface area contributed by atoms with Crippen LogP contribution < -0.4 is 0 Å². The van der Waals surface area contributed by atoms with Gasteiger partial charge in [0.15, 0.2) is 4.96 Å². The van der Waals surface area contributed by atoms with Gasteiger partial charge in [0, 0.05) is 21.6 Å². The molecule has 4 aromatic rings. The van der Waals surface area contributed by atoms with Crippen molar-refractivity contribution in [2.75, 3.05) is 0 Å². The Morgan fingerprint density at radius 2 is 1.83 bits per heavy atom. The largest absolute Gasteiger partial charge is 0.416 e. The molecule has 9 heteroatoms.